The highest BCUT2D eigenvalue weighted by atomic mass is 127. The number of hydrogen-bond donors (Lipinski definition) is 0. The number of ether oxygens (including phenoxy) is 2. The Labute approximate surface area is 115 Å². The lowest BCUT2D eigenvalue weighted by Crippen LogP contribution is -2.03. The van der Waals surface area contributed by atoms with Gasteiger partial charge in [-0.1, -0.05) is 0 Å². The molecule has 0 amide bonds. The third-order valence-electron chi connectivity index (χ3n) is 1.99. The number of rotatable bonds is 3. The third kappa shape index (κ3) is 2.34. The molecule has 0 aromatic carbocycles. The molecule has 5 nitrogen and oxygen atoms in total. The van der Waals surface area contributed by atoms with E-state index in [1.165, 1.54) is 24.6 Å². The Balaban J connectivity index is 2.52. The number of thiophene rings is 1. The Kier molecular flexibility index (Phi) is 3.77. The molecule has 0 aliphatic rings. The second-order valence-electron chi connectivity index (χ2n) is 3.03. The van der Waals surface area contributed by atoms with Gasteiger partial charge in [-0.3, -0.25) is 0 Å². The van der Waals surface area contributed by atoms with Gasteiger partial charge in [0.15, 0.2) is 0 Å². The molecule has 2 heterocycles. The summed E-state index contributed by atoms with van der Waals surface area (Å²) in [6.07, 6.45) is 1.53. The predicted molar refractivity (Wildman–Crippen MR) is 72.6 cm³/mol. The van der Waals surface area contributed by atoms with Gasteiger partial charge in [-0.25, -0.2) is 9.78 Å². The van der Waals surface area contributed by atoms with E-state index in [2.05, 4.69) is 32.6 Å². The minimum atomic E-state index is -0.333. The highest BCUT2D eigenvalue weighted by Gasteiger charge is 2.19. The van der Waals surface area contributed by atoms with Gasteiger partial charge >= 0.3 is 5.97 Å². The number of carbonyl (C=O) groups is 1. The number of nitrogens with zero attached hydrogens (tertiary/aromatic N) is 2. The normalized spacial score (nSPS) is 10.5. The van der Waals surface area contributed by atoms with Crippen molar-refractivity contribution in [2.24, 2.45) is 0 Å². The third-order valence-corrected chi connectivity index (χ3v) is 4.46. The number of carbonyl (C=O) groups excluding carboxylic acids is 1. The number of aromatic nitrogens is 2. The van der Waals surface area contributed by atoms with Crippen LogP contribution >= 0.6 is 33.9 Å². The van der Waals surface area contributed by atoms with Gasteiger partial charge in [0.05, 0.1) is 23.5 Å². The molecule has 0 atom stereocenters. The van der Waals surface area contributed by atoms with Crippen LogP contribution in [0.2, 0.25) is 0 Å². The van der Waals surface area contributed by atoms with Crippen molar-refractivity contribution >= 4 is 50.2 Å². The quantitative estimate of drug-likeness (QED) is 0.619. The molecule has 0 N–H and O–H groups in total. The first-order chi connectivity index (χ1) is 8.17. The number of fused-ring (bicyclic) bond motifs is 1. The summed E-state index contributed by atoms with van der Waals surface area (Å²) in [7, 11) is 1.53. The fourth-order valence-electron chi connectivity index (χ4n) is 1.25. The van der Waals surface area contributed by atoms with E-state index in [-0.39, 0.29) is 5.97 Å². The fourth-order valence-corrected chi connectivity index (χ4v) is 3.29. The monoisotopic (exact) mass is 364 g/mol. The van der Waals surface area contributed by atoms with Gasteiger partial charge in [0.1, 0.15) is 15.2 Å². The molecule has 0 bridgehead atoms. The molecule has 2 rings (SSSR count). The van der Waals surface area contributed by atoms with Crippen LogP contribution in [0.5, 0.6) is 5.88 Å². The van der Waals surface area contributed by atoms with E-state index in [4.69, 9.17) is 9.47 Å². The van der Waals surface area contributed by atoms with Crippen LogP contribution in [0.1, 0.15) is 16.6 Å². The van der Waals surface area contributed by atoms with Gasteiger partial charge < -0.3 is 9.47 Å². The van der Waals surface area contributed by atoms with E-state index >= 15 is 0 Å². The first-order valence-electron chi connectivity index (χ1n) is 4.83. The Bertz CT molecular complexity index is 570. The van der Waals surface area contributed by atoms with Gasteiger partial charge in [0.2, 0.25) is 5.88 Å². The van der Waals surface area contributed by atoms with Crippen LogP contribution in [0.25, 0.3) is 10.3 Å². The lowest BCUT2D eigenvalue weighted by atomic mass is 10.4. The Morgan fingerprint density at radius 1 is 1.59 bits per heavy atom. The SMILES string of the molecule is CCOC(=O)c1sc2nc(OC)cnc2c1I. The topological polar surface area (TPSA) is 61.3 Å². The average molecular weight is 364 g/mol. The molecule has 7 heteroatoms. The molecular weight excluding hydrogens is 355 g/mol. The van der Waals surface area contributed by atoms with Crippen molar-refractivity contribution < 1.29 is 14.3 Å². The molecule has 2 aromatic heterocycles. The molecule has 0 spiro atoms. The maximum absolute atomic E-state index is 11.7. The second-order valence-corrected chi connectivity index (χ2v) is 5.11. The summed E-state index contributed by atoms with van der Waals surface area (Å²) in [6, 6.07) is 0. The summed E-state index contributed by atoms with van der Waals surface area (Å²) in [5.41, 5.74) is 0.708. The molecule has 17 heavy (non-hydrogen) atoms. The van der Waals surface area contributed by atoms with Crippen molar-refractivity contribution in [3.63, 3.8) is 0 Å². The number of methoxy groups -OCH3 is 1. The highest BCUT2D eigenvalue weighted by Crippen LogP contribution is 2.31. The zero-order chi connectivity index (χ0) is 12.4. The van der Waals surface area contributed by atoms with E-state index in [0.29, 0.717) is 27.7 Å². The van der Waals surface area contributed by atoms with Crippen LogP contribution in [-0.4, -0.2) is 29.7 Å². The van der Waals surface area contributed by atoms with Crippen LogP contribution < -0.4 is 4.74 Å². The summed E-state index contributed by atoms with van der Waals surface area (Å²) in [5, 5.41) is 0. The van der Waals surface area contributed by atoms with Crippen LogP contribution in [0.15, 0.2) is 6.20 Å². The molecular formula is C10H9IN2O3S. The Morgan fingerprint density at radius 3 is 3.00 bits per heavy atom. The summed E-state index contributed by atoms with van der Waals surface area (Å²) >= 11 is 3.34. The molecule has 90 valence electrons. The van der Waals surface area contributed by atoms with Crippen molar-refractivity contribution in [3.05, 3.63) is 14.6 Å². The van der Waals surface area contributed by atoms with Gasteiger partial charge in [0, 0.05) is 0 Å². The van der Waals surface area contributed by atoms with Crippen molar-refractivity contribution in [3.8, 4) is 5.88 Å². The summed E-state index contributed by atoms with van der Waals surface area (Å²) in [4.78, 5) is 21.4. The number of hydrogen-bond acceptors (Lipinski definition) is 6. The van der Waals surface area contributed by atoms with E-state index in [9.17, 15) is 4.79 Å². The minimum absolute atomic E-state index is 0.333. The molecule has 2 aromatic rings. The summed E-state index contributed by atoms with van der Waals surface area (Å²) < 4.78 is 10.7. The van der Waals surface area contributed by atoms with E-state index in [0.717, 1.165) is 3.57 Å². The molecule has 0 saturated heterocycles. The van der Waals surface area contributed by atoms with Gasteiger partial charge in [-0.2, -0.15) is 4.98 Å². The zero-order valence-corrected chi connectivity index (χ0v) is 12.2. The van der Waals surface area contributed by atoms with Crippen molar-refractivity contribution in [2.75, 3.05) is 13.7 Å². The summed E-state index contributed by atoms with van der Waals surface area (Å²) in [5.74, 6) is 0.103. The molecule has 0 fully saturated rings. The predicted octanol–water partition coefficient (Wildman–Crippen LogP) is 2.48. The van der Waals surface area contributed by atoms with E-state index in [1.54, 1.807) is 6.92 Å². The van der Waals surface area contributed by atoms with Crippen LogP contribution in [0, 0.1) is 3.57 Å². The lowest BCUT2D eigenvalue weighted by Gasteiger charge is -1.97. The number of halogens is 1. The van der Waals surface area contributed by atoms with E-state index < -0.39 is 0 Å². The first-order valence-corrected chi connectivity index (χ1v) is 6.73. The maximum Gasteiger partial charge on any atom is 0.349 e. The number of esters is 1. The fraction of sp³-hybridized carbons (Fsp3) is 0.300. The zero-order valence-electron chi connectivity index (χ0n) is 9.19. The lowest BCUT2D eigenvalue weighted by molar-refractivity contribution is 0.0531. The molecule has 0 aliphatic heterocycles. The molecule has 0 aliphatic carbocycles. The Morgan fingerprint density at radius 2 is 2.35 bits per heavy atom. The molecule has 0 unspecified atom stereocenters. The standard InChI is InChI=1S/C10H9IN2O3S/c1-3-16-10(14)8-6(11)7-9(17-8)13-5(15-2)4-12-7/h4H,3H2,1-2H3. The van der Waals surface area contributed by atoms with Crippen LogP contribution in [0.3, 0.4) is 0 Å². The van der Waals surface area contributed by atoms with Gasteiger partial charge in [0.25, 0.3) is 0 Å². The second kappa shape index (κ2) is 5.13. The van der Waals surface area contributed by atoms with Crippen LogP contribution in [0.4, 0.5) is 0 Å². The maximum atomic E-state index is 11.7. The van der Waals surface area contributed by atoms with Gasteiger partial charge in [-0.15, -0.1) is 11.3 Å². The van der Waals surface area contributed by atoms with E-state index in [1.807, 2.05) is 0 Å². The van der Waals surface area contributed by atoms with Gasteiger partial charge in [-0.05, 0) is 29.5 Å². The summed E-state index contributed by atoms with van der Waals surface area (Å²) in [6.45, 7) is 2.13. The average Bonchev–Trinajstić information content (AvgIpc) is 2.66. The molecule has 0 saturated carbocycles. The smallest absolute Gasteiger partial charge is 0.349 e. The van der Waals surface area contributed by atoms with Crippen LogP contribution in [-0.2, 0) is 4.74 Å². The minimum Gasteiger partial charge on any atom is -0.480 e. The molecule has 0 radical (unpaired) electrons. The Hall–Kier alpha value is -0.960. The largest absolute Gasteiger partial charge is 0.480 e. The van der Waals surface area contributed by atoms with Crippen molar-refractivity contribution in [1.82, 2.24) is 9.97 Å². The first kappa shape index (κ1) is 12.5. The van der Waals surface area contributed by atoms with Crippen molar-refractivity contribution in [1.29, 1.82) is 0 Å². The highest BCUT2D eigenvalue weighted by molar-refractivity contribution is 14.1. The van der Waals surface area contributed by atoms with Crippen molar-refractivity contribution in [2.45, 2.75) is 6.92 Å².